The van der Waals surface area contributed by atoms with E-state index >= 15 is 0 Å². The van der Waals surface area contributed by atoms with Crippen LogP contribution in [0.15, 0.2) is 10.6 Å². The standard InChI is InChI=1S/C11H15N3O4/c1-7-4-9(18-13-7)5-12-11(17)14(6-10(15)16)8-2-3-8/h4,8H,2-3,5-6H2,1H3,(H,12,17)(H,15,16). The van der Waals surface area contributed by atoms with Crippen LogP contribution in [0.2, 0.25) is 0 Å². The minimum Gasteiger partial charge on any atom is -0.480 e. The van der Waals surface area contributed by atoms with Crippen molar-refractivity contribution in [2.24, 2.45) is 0 Å². The van der Waals surface area contributed by atoms with Crippen LogP contribution < -0.4 is 5.32 Å². The van der Waals surface area contributed by atoms with Gasteiger partial charge < -0.3 is 19.8 Å². The van der Waals surface area contributed by atoms with E-state index < -0.39 is 5.97 Å². The summed E-state index contributed by atoms with van der Waals surface area (Å²) in [5.74, 6) is -0.459. The van der Waals surface area contributed by atoms with Gasteiger partial charge in [-0.1, -0.05) is 5.16 Å². The molecule has 2 N–H and O–H groups in total. The summed E-state index contributed by atoms with van der Waals surface area (Å²) in [7, 11) is 0. The molecule has 1 aliphatic carbocycles. The van der Waals surface area contributed by atoms with Gasteiger partial charge in [0, 0.05) is 12.1 Å². The smallest absolute Gasteiger partial charge is 0.323 e. The number of carbonyl (C=O) groups is 2. The van der Waals surface area contributed by atoms with Crippen molar-refractivity contribution >= 4 is 12.0 Å². The van der Waals surface area contributed by atoms with Crippen LogP contribution in [-0.4, -0.2) is 39.8 Å². The van der Waals surface area contributed by atoms with E-state index in [0.29, 0.717) is 5.76 Å². The van der Waals surface area contributed by atoms with Crippen molar-refractivity contribution in [3.8, 4) is 0 Å². The number of aryl methyl sites for hydroxylation is 1. The number of hydrogen-bond acceptors (Lipinski definition) is 4. The predicted molar refractivity (Wildman–Crippen MR) is 60.8 cm³/mol. The van der Waals surface area contributed by atoms with Gasteiger partial charge in [0.15, 0.2) is 5.76 Å². The number of aromatic nitrogens is 1. The molecular formula is C11H15N3O4. The quantitative estimate of drug-likeness (QED) is 0.807. The zero-order valence-corrected chi connectivity index (χ0v) is 10.0. The Bertz CT molecular complexity index is 453. The Balaban J connectivity index is 1.87. The van der Waals surface area contributed by atoms with Crippen LogP contribution in [0.25, 0.3) is 0 Å². The molecule has 7 nitrogen and oxygen atoms in total. The molecule has 0 aromatic carbocycles. The Kier molecular flexibility index (Phi) is 3.50. The molecule has 18 heavy (non-hydrogen) atoms. The highest BCUT2D eigenvalue weighted by Crippen LogP contribution is 2.26. The Labute approximate surface area is 104 Å². The van der Waals surface area contributed by atoms with Crippen molar-refractivity contribution in [1.82, 2.24) is 15.4 Å². The van der Waals surface area contributed by atoms with E-state index in [2.05, 4.69) is 10.5 Å². The molecule has 2 rings (SSSR count). The first kappa shape index (κ1) is 12.4. The van der Waals surface area contributed by atoms with Crippen LogP contribution in [0.5, 0.6) is 0 Å². The van der Waals surface area contributed by atoms with E-state index in [-0.39, 0.29) is 25.2 Å². The summed E-state index contributed by atoms with van der Waals surface area (Å²) in [6.45, 7) is 1.73. The zero-order chi connectivity index (χ0) is 13.1. The summed E-state index contributed by atoms with van der Waals surface area (Å²) in [5.41, 5.74) is 0.740. The zero-order valence-electron chi connectivity index (χ0n) is 10.0. The first-order chi connectivity index (χ1) is 8.56. The monoisotopic (exact) mass is 253 g/mol. The van der Waals surface area contributed by atoms with Gasteiger partial charge in [0.25, 0.3) is 0 Å². The lowest BCUT2D eigenvalue weighted by Gasteiger charge is -2.20. The SMILES string of the molecule is Cc1cc(CNC(=O)N(CC(=O)O)C2CC2)on1. The van der Waals surface area contributed by atoms with Crippen LogP contribution in [0.1, 0.15) is 24.3 Å². The number of hydrogen-bond donors (Lipinski definition) is 2. The Hall–Kier alpha value is -2.05. The summed E-state index contributed by atoms with van der Waals surface area (Å²) < 4.78 is 4.95. The maximum Gasteiger partial charge on any atom is 0.323 e. The highest BCUT2D eigenvalue weighted by Gasteiger charge is 2.33. The topological polar surface area (TPSA) is 95.7 Å². The van der Waals surface area contributed by atoms with E-state index in [1.54, 1.807) is 13.0 Å². The Morgan fingerprint density at radius 3 is 2.83 bits per heavy atom. The van der Waals surface area contributed by atoms with E-state index in [1.165, 1.54) is 4.90 Å². The van der Waals surface area contributed by atoms with Gasteiger partial charge in [-0.05, 0) is 19.8 Å². The largest absolute Gasteiger partial charge is 0.480 e. The van der Waals surface area contributed by atoms with E-state index in [0.717, 1.165) is 18.5 Å². The van der Waals surface area contributed by atoms with Crippen molar-refractivity contribution in [2.75, 3.05) is 6.54 Å². The third-order valence-corrected chi connectivity index (χ3v) is 2.64. The highest BCUT2D eigenvalue weighted by atomic mass is 16.5. The second-order valence-corrected chi connectivity index (χ2v) is 4.35. The molecule has 7 heteroatoms. The molecule has 1 aliphatic rings. The molecule has 0 spiro atoms. The van der Waals surface area contributed by atoms with Gasteiger partial charge in [-0.15, -0.1) is 0 Å². The van der Waals surface area contributed by atoms with E-state index in [1.807, 2.05) is 0 Å². The number of rotatable bonds is 5. The van der Waals surface area contributed by atoms with Crippen LogP contribution in [0.3, 0.4) is 0 Å². The molecule has 1 saturated carbocycles. The van der Waals surface area contributed by atoms with Crippen molar-refractivity contribution in [1.29, 1.82) is 0 Å². The first-order valence-corrected chi connectivity index (χ1v) is 5.74. The lowest BCUT2D eigenvalue weighted by molar-refractivity contribution is -0.137. The summed E-state index contributed by atoms with van der Waals surface area (Å²) in [5, 5.41) is 15.1. The van der Waals surface area contributed by atoms with Gasteiger partial charge in [-0.2, -0.15) is 0 Å². The second kappa shape index (κ2) is 5.07. The van der Waals surface area contributed by atoms with Gasteiger partial charge >= 0.3 is 12.0 Å². The minimum absolute atomic E-state index is 0.0533. The fraction of sp³-hybridized carbons (Fsp3) is 0.545. The van der Waals surface area contributed by atoms with E-state index in [9.17, 15) is 9.59 Å². The fourth-order valence-electron chi connectivity index (χ4n) is 1.66. The number of carbonyl (C=O) groups excluding carboxylic acids is 1. The molecule has 98 valence electrons. The molecule has 0 unspecified atom stereocenters. The number of carboxylic acids is 1. The van der Waals surface area contributed by atoms with Gasteiger partial charge in [-0.25, -0.2) is 4.79 Å². The fourth-order valence-corrected chi connectivity index (χ4v) is 1.66. The molecule has 0 bridgehead atoms. The van der Waals surface area contributed by atoms with Crippen LogP contribution in [-0.2, 0) is 11.3 Å². The molecule has 1 aromatic heterocycles. The number of urea groups is 1. The average Bonchev–Trinajstić information content (AvgIpc) is 3.06. The average molecular weight is 253 g/mol. The third kappa shape index (κ3) is 3.22. The minimum atomic E-state index is -1.01. The van der Waals surface area contributed by atoms with Crippen molar-refractivity contribution in [3.63, 3.8) is 0 Å². The molecule has 1 fully saturated rings. The third-order valence-electron chi connectivity index (χ3n) is 2.64. The van der Waals surface area contributed by atoms with Crippen molar-refractivity contribution < 1.29 is 19.2 Å². The summed E-state index contributed by atoms with van der Waals surface area (Å²) in [6, 6.07) is 1.39. The highest BCUT2D eigenvalue weighted by molar-refractivity contribution is 5.80. The maximum absolute atomic E-state index is 11.8. The number of aliphatic carboxylic acids is 1. The molecule has 2 amide bonds. The van der Waals surface area contributed by atoms with Gasteiger partial charge in [0.05, 0.1) is 12.2 Å². The number of amides is 2. The van der Waals surface area contributed by atoms with Crippen LogP contribution in [0.4, 0.5) is 4.79 Å². The van der Waals surface area contributed by atoms with Crippen LogP contribution in [0, 0.1) is 6.92 Å². The second-order valence-electron chi connectivity index (χ2n) is 4.35. The van der Waals surface area contributed by atoms with Gasteiger partial charge in [-0.3, -0.25) is 4.79 Å². The maximum atomic E-state index is 11.8. The predicted octanol–water partition coefficient (Wildman–Crippen LogP) is 0.742. The van der Waals surface area contributed by atoms with Gasteiger partial charge in [0.2, 0.25) is 0 Å². The summed E-state index contributed by atoms with van der Waals surface area (Å²) in [6.07, 6.45) is 1.73. The van der Waals surface area contributed by atoms with Crippen molar-refractivity contribution in [3.05, 3.63) is 17.5 Å². The number of nitrogens with one attached hydrogen (secondary N) is 1. The molecule has 1 heterocycles. The molecule has 1 aromatic rings. The summed E-state index contributed by atoms with van der Waals surface area (Å²) in [4.78, 5) is 23.8. The Morgan fingerprint density at radius 2 is 2.33 bits per heavy atom. The Morgan fingerprint density at radius 1 is 1.61 bits per heavy atom. The molecule has 0 atom stereocenters. The molecule has 0 aliphatic heterocycles. The first-order valence-electron chi connectivity index (χ1n) is 5.74. The lowest BCUT2D eigenvalue weighted by Crippen LogP contribution is -2.43. The van der Waals surface area contributed by atoms with E-state index in [4.69, 9.17) is 9.63 Å². The van der Waals surface area contributed by atoms with Gasteiger partial charge in [0.1, 0.15) is 6.54 Å². The lowest BCUT2D eigenvalue weighted by atomic mass is 10.4. The molecule has 0 saturated heterocycles. The number of nitrogens with zero attached hydrogens (tertiary/aromatic N) is 2. The van der Waals surface area contributed by atoms with Crippen LogP contribution >= 0.6 is 0 Å². The number of carboxylic acid groups (broad SMARTS) is 1. The summed E-state index contributed by atoms with van der Waals surface area (Å²) >= 11 is 0. The normalized spacial score (nSPS) is 14.3. The van der Waals surface area contributed by atoms with Crippen molar-refractivity contribution in [2.45, 2.75) is 32.4 Å². The molecular weight excluding hydrogens is 238 g/mol. The molecule has 0 radical (unpaired) electrons.